The van der Waals surface area contributed by atoms with E-state index in [1.54, 1.807) is 28.5 Å². The number of nitrogens with two attached hydrogens (primary N) is 1. The summed E-state index contributed by atoms with van der Waals surface area (Å²) >= 11 is 0. The van der Waals surface area contributed by atoms with Gasteiger partial charge in [0.15, 0.2) is 0 Å². The van der Waals surface area contributed by atoms with Crippen molar-refractivity contribution in [2.75, 3.05) is 85.3 Å². The van der Waals surface area contributed by atoms with E-state index in [1.165, 1.54) is 94.4 Å². The first-order valence-corrected chi connectivity index (χ1v) is 47.0. The van der Waals surface area contributed by atoms with Crippen molar-refractivity contribution in [3.8, 4) is 0 Å². The zero-order valence-corrected chi connectivity index (χ0v) is 78.4. The van der Waals surface area contributed by atoms with E-state index < -0.39 is 54.3 Å². The number of likely N-dealkylation sites (tertiary alicyclic amines) is 6. The second kappa shape index (κ2) is 56.6. The number of carboxylic acids is 1. The van der Waals surface area contributed by atoms with Crippen LogP contribution in [0, 0.1) is 40.4 Å². The Kier molecular flexibility index (Phi) is 50.0. The molecule has 7 amide bonds. The van der Waals surface area contributed by atoms with Crippen molar-refractivity contribution in [3.05, 3.63) is 11.6 Å². The largest absolute Gasteiger partial charge is 0.481 e. The number of carbonyl (C=O) groups is 13. The van der Waals surface area contributed by atoms with E-state index in [4.69, 9.17) is 40.0 Å². The van der Waals surface area contributed by atoms with E-state index in [0.717, 1.165) is 75.2 Å². The van der Waals surface area contributed by atoms with E-state index in [2.05, 4.69) is 36.9 Å². The molecule has 0 radical (unpaired) electrons. The Balaban J connectivity index is 0.000000339. The van der Waals surface area contributed by atoms with Gasteiger partial charge in [-0.1, -0.05) is 119 Å². The summed E-state index contributed by atoms with van der Waals surface area (Å²) in [5, 5.41) is 67.4. The van der Waals surface area contributed by atoms with Crippen LogP contribution in [-0.2, 0) is 81.2 Å². The number of alkyl carbamates (subject to hydrolysis) is 1. The van der Waals surface area contributed by atoms with E-state index in [1.807, 2.05) is 51.3 Å². The number of aliphatic carboxylic acids is 1. The summed E-state index contributed by atoms with van der Waals surface area (Å²) < 4.78 is 26.1. The number of hydrogen-bond acceptors (Lipinski definition) is 25. The quantitative estimate of drug-likeness (QED) is 0.0103. The molecule has 7 heterocycles. The molecule has 10 N–H and O–H groups in total. The van der Waals surface area contributed by atoms with Crippen molar-refractivity contribution in [3.63, 3.8) is 0 Å². The zero-order valence-electron chi connectivity index (χ0n) is 77.6. The summed E-state index contributed by atoms with van der Waals surface area (Å²) in [6.07, 6.45) is 26.7. The van der Waals surface area contributed by atoms with Crippen LogP contribution in [0.1, 0.15) is 295 Å². The van der Waals surface area contributed by atoms with Gasteiger partial charge in [0.2, 0.25) is 35.4 Å². The molecule has 0 aromatic rings. The third-order valence-corrected chi connectivity index (χ3v) is 27.8. The molecule has 722 valence electrons. The third-order valence-electron chi connectivity index (χ3n) is 27.8. The van der Waals surface area contributed by atoms with Gasteiger partial charge in [-0.25, -0.2) is 4.79 Å². The number of halogens is 1. The first-order valence-electron chi connectivity index (χ1n) is 47.0. The Labute approximate surface area is 753 Å². The van der Waals surface area contributed by atoms with Crippen LogP contribution < -0.4 is 11.1 Å². The molecule has 33 nitrogen and oxygen atoms in total. The van der Waals surface area contributed by atoms with Gasteiger partial charge in [-0.15, -0.1) is 12.4 Å². The molecule has 3 saturated carbocycles. The highest BCUT2D eigenvalue weighted by molar-refractivity contribution is 5.92. The Bertz CT molecular complexity index is 3310. The molecular formula is C92H157ClN8O25. The van der Waals surface area contributed by atoms with Crippen LogP contribution in [0.2, 0.25) is 0 Å². The average molecular weight is 1810 g/mol. The standard InChI is InChI=1S/C37H62N2O5.C14H23NO4.C13H21NO5.C9H17NO2.C8H15NO3.C7H14N2O3.C4H4O3.ClH/c1-5-7-8-9-10-11-12-27-14-16-31-30-15-13-28-21-29(17-19-37(28,4)32(30)18-20-36(27,31)3)44-35(42)38-22-34(41)39-23-26(25-43-6-2)33(40)24-39;1-4-11-12(8-9-15(11)13(17)5-2)19-14(18)7-6-10(3)16;1-3-9-10(7-8-14(9)11(15)4-2)19-13(18)6-5-12(16)17;1-3-7-8(11)5-6-10(7)9(12)4-2;1-2-8(12)9-4-3-7(11)6(9)5-10;8-3-7(12)9-2-1-6(11)5(9)4-10;5-3-1-2-4(6)7-3;/h13,26-27,29-33,40H,5-12,14-25H2,1-4H3,(H,38,42);11-12H,4-9H2,1-3H3;9-10H,3-8H2,1-2H3,(H,16,17);7-8,11H,3-6H2,1-2H3;6-7,10-11H,2-5H2,1H3;5-6,10-11H,1-4,8H2;1-2H2;1H/t26-,27+,29?,30?,31?,32?,33-,36-,37+;11-,12-;9-,10-;7-,8-;6-,7-;5-,6-;;/m000000../s1. The number of allylic oxidation sites excluding steroid dienone is 1. The number of carboxylic acid groups (broad SMARTS) is 1. The number of unbranched alkanes of at least 4 members (excludes halogenated alkanes) is 5. The second-order valence-corrected chi connectivity index (χ2v) is 35.7. The number of rotatable bonds is 31. The van der Waals surface area contributed by atoms with E-state index in [9.17, 15) is 82.8 Å². The summed E-state index contributed by atoms with van der Waals surface area (Å²) in [4.78, 5) is 157. The number of hydrogen-bond donors (Lipinski definition) is 9. The predicted octanol–water partition coefficient (Wildman–Crippen LogP) is 8.43. The van der Waals surface area contributed by atoms with Crippen molar-refractivity contribution >= 4 is 89.6 Å². The van der Waals surface area contributed by atoms with E-state index >= 15 is 0 Å². The summed E-state index contributed by atoms with van der Waals surface area (Å²) in [6.45, 7) is 28.3. The lowest BCUT2D eigenvalue weighted by molar-refractivity contribution is -0.154. The number of ketones is 1. The van der Waals surface area contributed by atoms with Gasteiger partial charge in [0.1, 0.15) is 30.6 Å². The number of fused-ring (bicyclic) bond motifs is 5. The number of carbonyl (C=O) groups excluding carboxylic acids is 12. The van der Waals surface area contributed by atoms with E-state index in [-0.39, 0.29) is 191 Å². The minimum atomic E-state index is -1.02. The SMILES string of the molecule is CCC(=O)N1CC[C@H](O)[C@@H]1CC.CCC(=O)N1CC[C@H](O)[C@@H]1CO.CCC(=O)N1CC[C@H](OC(=O)CCC(=O)O)[C@@H]1CC.CCC(=O)N1CC[C@H](OC(=O)CCC(C)=O)[C@@H]1CC.CCCCCCCC[C@@H]1CCC2C3CC=C4CC(OC(=O)NCC(=O)N5C[C@@H](COCC)[C@@H](O)C5)CC[C@@]4(C)C3CC[C@]21C.Cl.NCC(=O)N1CC[C@H](O)[C@@H]1CO.O=C1CCC(=O)O1. The number of esters is 4. The Morgan fingerprint density at radius 1 is 0.532 bits per heavy atom. The van der Waals surface area contributed by atoms with Crippen LogP contribution in [0.15, 0.2) is 11.6 Å². The molecule has 0 bridgehead atoms. The van der Waals surface area contributed by atoms with Gasteiger partial charge < -0.3 is 105 Å². The van der Waals surface area contributed by atoms with Crippen molar-refractivity contribution in [1.29, 1.82) is 0 Å². The van der Waals surface area contributed by atoms with Gasteiger partial charge in [-0.2, -0.15) is 0 Å². The second-order valence-electron chi connectivity index (χ2n) is 35.7. The number of amides is 7. The number of nitrogens with one attached hydrogen (secondary N) is 1. The number of aliphatic hydroxyl groups is 6. The van der Waals surface area contributed by atoms with Crippen LogP contribution in [0.4, 0.5) is 4.79 Å². The van der Waals surface area contributed by atoms with Gasteiger partial charge in [-0.3, -0.25) is 52.7 Å². The Hall–Kier alpha value is -6.98. The molecule has 34 heteroatoms. The fraction of sp³-hybridized carbons (Fsp3) is 0.837. The third kappa shape index (κ3) is 32.5. The molecular weight excluding hydrogens is 1650 g/mol. The molecule has 4 aliphatic carbocycles. The Morgan fingerprint density at radius 3 is 1.47 bits per heavy atom. The molecule has 11 rings (SSSR count). The van der Waals surface area contributed by atoms with Crippen LogP contribution in [0.3, 0.4) is 0 Å². The monoisotopic (exact) mass is 1810 g/mol. The minimum absolute atomic E-state index is 0. The van der Waals surface area contributed by atoms with Gasteiger partial charge >= 0.3 is 35.9 Å². The van der Waals surface area contributed by atoms with Crippen LogP contribution in [0.5, 0.6) is 0 Å². The van der Waals surface area contributed by atoms with Crippen molar-refractivity contribution in [2.45, 2.75) is 368 Å². The summed E-state index contributed by atoms with van der Waals surface area (Å²) in [5.74, 6) is 0.520. The highest BCUT2D eigenvalue weighted by Crippen LogP contribution is 2.67. The van der Waals surface area contributed by atoms with Crippen molar-refractivity contribution < 1.29 is 122 Å². The molecule has 7 saturated heterocycles. The molecule has 0 aromatic heterocycles. The molecule has 126 heavy (non-hydrogen) atoms. The van der Waals surface area contributed by atoms with Gasteiger partial charge in [0, 0.05) is 110 Å². The lowest BCUT2D eigenvalue weighted by Crippen LogP contribution is -2.50. The molecule has 10 fully saturated rings. The normalized spacial score (nSPS) is 29.5. The number of aliphatic hydroxyl groups excluding tert-OH is 6. The maximum absolute atomic E-state index is 12.7. The lowest BCUT2D eigenvalue weighted by atomic mass is 9.47. The molecule has 11 aliphatic rings. The predicted molar refractivity (Wildman–Crippen MR) is 472 cm³/mol. The topological polar surface area (TPSA) is 467 Å². The highest BCUT2D eigenvalue weighted by atomic mass is 35.5. The first-order chi connectivity index (χ1) is 59.6. The fourth-order valence-electron chi connectivity index (χ4n) is 20.6. The summed E-state index contributed by atoms with van der Waals surface area (Å²) in [6, 6.07) is -0.870. The van der Waals surface area contributed by atoms with Crippen LogP contribution >= 0.6 is 12.4 Å². The zero-order chi connectivity index (χ0) is 92.8. The highest BCUT2D eigenvalue weighted by Gasteiger charge is 2.59. The fourth-order valence-corrected chi connectivity index (χ4v) is 20.6. The van der Waals surface area contributed by atoms with Crippen molar-refractivity contribution in [1.82, 2.24) is 34.7 Å². The van der Waals surface area contributed by atoms with Gasteiger partial charge in [-0.05, 0) is 138 Å². The minimum Gasteiger partial charge on any atom is -0.481 e. The number of cyclic esters (lactones) is 2. The maximum atomic E-state index is 12.7. The molecule has 7 aliphatic heterocycles. The van der Waals surface area contributed by atoms with Gasteiger partial charge in [0.25, 0.3) is 0 Å². The number of Topliss-reactive ketones (excluding diaryl/α,β-unsaturated/α-hetero) is 1. The summed E-state index contributed by atoms with van der Waals surface area (Å²) in [5.41, 5.74) is 7.42. The van der Waals surface area contributed by atoms with Gasteiger partial charge in [0.05, 0.1) is 113 Å². The summed E-state index contributed by atoms with van der Waals surface area (Å²) in [7, 11) is 0. The number of ether oxygens (including phenoxy) is 5. The lowest BCUT2D eigenvalue weighted by Gasteiger charge is -2.58. The molecule has 19 atom stereocenters. The van der Waals surface area contributed by atoms with Crippen molar-refractivity contribution in [2.24, 2.45) is 46.2 Å². The number of nitrogens with zero attached hydrogens (tertiary/aromatic N) is 6. The number of β-amino-alcohol motifs (C(OH)–C–C–N with tert-alkyl or cyclic N) is 1. The molecule has 4 unspecified atom stereocenters. The maximum Gasteiger partial charge on any atom is 0.407 e. The Morgan fingerprint density at radius 2 is 1.01 bits per heavy atom. The van der Waals surface area contributed by atoms with Crippen LogP contribution in [0.25, 0.3) is 0 Å². The molecule has 0 aromatic carbocycles. The first kappa shape index (κ1) is 111. The van der Waals surface area contributed by atoms with Crippen LogP contribution in [-0.4, -0.2) is 301 Å². The smallest absolute Gasteiger partial charge is 0.407 e. The van der Waals surface area contributed by atoms with E-state index in [0.29, 0.717) is 103 Å². The molecule has 0 spiro atoms. The average Bonchev–Trinajstić information content (AvgIpc) is 1.44.